The standard InChI is InChI=1S/C9H10BrF3N2O3S/c10-5-1-6(11)7(14)2-8(5)19(17,18)15-3-9(12,13)4-16/h1-2,15-16H,3-4,14H2. The van der Waals surface area contributed by atoms with Crippen molar-refractivity contribution >= 4 is 31.6 Å². The van der Waals surface area contributed by atoms with Crippen LogP contribution in [0.4, 0.5) is 18.9 Å². The van der Waals surface area contributed by atoms with Gasteiger partial charge in [-0.05, 0) is 28.1 Å². The van der Waals surface area contributed by atoms with Crippen molar-refractivity contribution < 1.29 is 26.7 Å². The van der Waals surface area contributed by atoms with Crippen LogP contribution in [0.5, 0.6) is 0 Å². The summed E-state index contributed by atoms with van der Waals surface area (Å²) < 4.78 is 63.5. The number of rotatable bonds is 5. The van der Waals surface area contributed by atoms with Gasteiger partial charge in [-0.2, -0.15) is 0 Å². The molecule has 0 spiro atoms. The van der Waals surface area contributed by atoms with Crippen molar-refractivity contribution in [2.75, 3.05) is 18.9 Å². The van der Waals surface area contributed by atoms with Gasteiger partial charge in [0, 0.05) is 4.47 Å². The molecule has 19 heavy (non-hydrogen) atoms. The van der Waals surface area contributed by atoms with Gasteiger partial charge >= 0.3 is 0 Å². The third-order valence-corrected chi connectivity index (χ3v) is 4.45. The van der Waals surface area contributed by atoms with E-state index in [2.05, 4.69) is 15.9 Å². The van der Waals surface area contributed by atoms with Crippen LogP contribution in [0.3, 0.4) is 0 Å². The largest absolute Gasteiger partial charge is 0.396 e. The molecule has 0 atom stereocenters. The number of halogens is 4. The summed E-state index contributed by atoms with van der Waals surface area (Å²) in [5, 5.41) is 8.33. The minimum absolute atomic E-state index is 0.154. The Morgan fingerprint density at radius 2 is 2.00 bits per heavy atom. The van der Waals surface area contributed by atoms with Gasteiger partial charge < -0.3 is 10.8 Å². The van der Waals surface area contributed by atoms with Gasteiger partial charge in [-0.15, -0.1) is 0 Å². The van der Waals surface area contributed by atoms with E-state index in [0.717, 1.165) is 12.1 Å². The molecule has 0 aliphatic rings. The molecule has 4 N–H and O–H groups in total. The van der Waals surface area contributed by atoms with E-state index < -0.39 is 45.5 Å². The fourth-order valence-corrected chi connectivity index (χ4v) is 3.19. The highest BCUT2D eigenvalue weighted by Crippen LogP contribution is 2.27. The van der Waals surface area contributed by atoms with Gasteiger partial charge in [-0.1, -0.05) is 0 Å². The number of nitrogens with one attached hydrogen (secondary N) is 1. The first-order valence-electron chi connectivity index (χ1n) is 4.82. The van der Waals surface area contributed by atoms with Crippen molar-refractivity contribution in [3.8, 4) is 0 Å². The van der Waals surface area contributed by atoms with Crippen molar-refractivity contribution in [1.82, 2.24) is 4.72 Å². The molecule has 0 bridgehead atoms. The summed E-state index contributed by atoms with van der Waals surface area (Å²) in [4.78, 5) is -0.472. The first-order chi connectivity index (χ1) is 8.59. The second-order valence-corrected chi connectivity index (χ2v) is 6.23. The number of sulfonamides is 1. The number of alkyl halides is 2. The third kappa shape index (κ3) is 4.06. The average molecular weight is 363 g/mol. The van der Waals surface area contributed by atoms with E-state index in [1.54, 1.807) is 4.72 Å². The molecule has 0 aliphatic heterocycles. The van der Waals surface area contributed by atoms with Crippen LogP contribution in [0.25, 0.3) is 0 Å². The van der Waals surface area contributed by atoms with Crippen LogP contribution in [0.2, 0.25) is 0 Å². The molecular weight excluding hydrogens is 353 g/mol. The summed E-state index contributed by atoms with van der Waals surface area (Å²) in [7, 11) is -4.31. The molecule has 1 rings (SSSR count). The fourth-order valence-electron chi connectivity index (χ4n) is 1.09. The van der Waals surface area contributed by atoms with E-state index in [4.69, 9.17) is 10.8 Å². The maximum Gasteiger partial charge on any atom is 0.283 e. The van der Waals surface area contributed by atoms with Crippen LogP contribution in [-0.4, -0.2) is 32.6 Å². The number of hydrogen-bond donors (Lipinski definition) is 3. The maximum atomic E-state index is 13.1. The molecule has 108 valence electrons. The lowest BCUT2D eigenvalue weighted by atomic mass is 10.3. The number of hydrogen-bond acceptors (Lipinski definition) is 4. The van der Waals surface area contributed by atoms with E-state index in [1.165, 1.54) is 0 Å². The molecule has 0 saturated carbocycles. The molecule has 5 nitrogen and oxygen atoms in total. The predicted octanol–water partition coefficient (Wildman–Crippen LogP) is 1.08. The normalized spacial score (nSPS) is 12.7. The third-order valence-electron chi connectivity index (χ3n) is 2.09. The second kappa shape index (κ2) is 5.65. The zero-order valence-corrected chi connectivity index (χ0v) is 11.7. The summed E-state index contributed by atoms with van der Waals surface area (Å²) in [5.41, 5.74) is 4.79. The number of nitrogens with two attached hydrogens (primary N) is 1. The van der Waals surface area contributed by atoms with E-state index in [1.807, 2.05) is 0 Å². The van der Waals surface area contributed by atoms with Crippen LogP contribution in [0.1, 0.15) is 0 Å². The predicted molar refractivity (Wildman–Crippen MR) is 65.7 cm³/mol. The minimum Gasteiger partial charge on any atom is -0.396 e. The van der Waals surface area contributed by atoms with E-state index >= 15 is 0 Å². The van der Waals surface area contributed by atoms with Crippen molar-refractivity contribution in [2.45, 2.75) is 10.8 Å². The lowest BCUT2D eigenvalue weighted by Gasteiger charge is -2.15. The van der Waals surface area contributed by atoms with Crippen LogP contribution in [-0.2, 0) is 10.0 Å². The van der Waals surface area contributed by atoms with E-state index in [9.17, 15) is 21.6 Å². The first-order valence-corrected chi connectivity index (χ1v) is 7.09. The average Bonchev–Trinajstić information content (AvgIpc) is 2.31. The molecule has 1 aromatic rings. The van der Waals surface area contributed by atoms with Gasteiger partial charge in [0.2, 0.25) is 10.0 Å². The number of anilines is 1. The first kappa shape index (κ1) is 16.2. The Hall–Kier alpha value is -0.840. The summed E-state index contributed by atoms with van der Waals surface area (Å²) in [6.07, 6.45) is 0. The van der Waals surface area contributed by atoms with Crippen molar-refractivity contribution in [2.24, 2.45) is 0 Å². The maximum absolute atomic E-state index is 13.1. The lowest BCUT2D eigenvalue weighted by Crippen LogP contribution is -2.39. The summed E-state index contributed by atoms with van der Waals surface area (Å²) in [5.74, 6) is -4.43. The van der Waals surface area contributed by atoms with Crippen molar-refractivity contribution in [3.63, 3.8) is 0 Å². The Labute approximate surface area is 115 Å². The Morgan fingerprint density at radius 3 is 2.53 bits per heavy atom. The Morgan fingerprint density at radius 1 is 1.42 bits per heavy atom. The van der Waals surface area contributed by atoms with Crippen molar-refractivity contribution in [3.05, 3.63) is 22.4 Å². The van der Waals surface area contributed by atoms with E-state index in [-0.39, 0.29) is 4.47 Å². The van der Waals surface area contributed by atoms with Crippen LogP contribution in [0, 0.1) is 5.82 Å². The van der Waals surface area contributed by atoms with Crippen molar-refractivity contribution in [1.29, 1.82) is 0 Å². The quantitative estimate of drug-likeness (QED) is 0.683. The number of aliphatic hydroxyl groups excluding tert-OH is 1. The summed E-state index contributed by atoms with van der Waals surface area (Å²) in [6.45, 7) is -2.78. The number of nitrogen functional groups attached to an aromatic ring is 1. The molecule has 0 saturated heterocycles. The Kier molecular flexibility index (Phi) is 4.82. The fraction of sp³-hybridized carbons (Fsp3) is 0.333. The lowest BCUT2D eigenvalue weighted by molar-refractivity contribution is -0.0437. The van der Waals surface area contributed by atoms with E-state index in [0.29, 0.717) is 0 Å². The Bertz CT molecular complexity index is 580. The van der Waals surface area contributed by atoms with Gasteiger partial charge in [-0.3, -0.25) is 0 Å². The minimum atomic E-state index is -4.31. The van der Waals surface area contributed by atoms with Gasteiger partial charge in [0.15, 0.2) is 0 Å². The molecule has 0 amide bonds. The molecule has 10 heteroatoms. The van der Waals surface area contributed by atoms with Crippen LogP contribution < -0.4 is 10.5 Å². The summed E-state index contributed by atoms with van der Waals surface area (Å²) >= 11 is 2.80. The van der Waals surface area contributed by atoms with Gasteiger partial charge in [0.1, 0.15) is 12.4 Å². The van der Waals surface area contributed by atoms with Gasteiger partial charge in [0.25, 0.3) is 5.92 Å². The molecule has 0 aliphatic carbocycles. The zero-order valence-electron chi connectivity index (χ0n) is 9.33. The van der Waals surface area contributed by atoms with Crippen LogP contribution in [0.15, 0.2) is 21.5 Å². The molecule has 0 unspecified atom stereocenters. The molecule has 0 radical (unpaired) electrons. The molecular formula is C9H10BrF3N2O3S. The van der Waals surface area contributed by atoms with Crippen LogP contribution >= 0.6 is 15.9 Å². The molecule has 0 aromatic heterocycles. The molecule has 0 fully saturated rings. The monoisotopic (exact) mass is 362 g/mol. The number of benzene rings is 1. The summed E-state index contributed by atoms with van der Waals surface area (Å²) in [6, 6.07) is 1.62. The zero-order chi connectivity index (χ0) is 14.8. The highest BCUT2D eigenvalue weighted by molar-refractivity contribution is 9.10. The second-order valence-electron chi connectivity index (χ2n) is 3.64. The topological polar surface area (TPSA) is 92.4 Å². The van der Waals surface area contributed by atoms with Gasteiger partial charge in [0.05, 0.1) is 17.1 Å². The highest BCUT2D eigenvalue weighted by Gasteiger charge is 2.31. The Balaban J connectivity index is 3.05. The molecule has 1 aromatic carbocycles. The smallest absolute Gasteiger partial charge is 0.283 e. The number of aliphatic hydroxyl groups is 1. The van der Waals surface area contributed by atoms with Gasteiger partial charge in [-0.25, -0.2) is 26.3 Å². The SMILES string of the molecule is Nc1cc(S(=O)(=O)NCC(F)(F)CO)c(Br)cc1F. The molecule has 0 heterocycles. The highest BCUT2D eigenvalue weighted by atomic mass is 79.9.